The van der Waals surface area contributed by atoms with Gasteiger partial charge in [-0.3, -0.25) is 9.78 Å². The molecule has 1 aromatic carbocycles. The van der Waals surface area contributed by atoms with E-state index >= 15 is 0 Å². The number of hydrogen-bond acceptors (Lipinski definition) is 4. The fraction of sp³-hybridized carbons (Fsp3) is 0.250. The minimum Gasteiger partial charge on any atom is -0.493 e. The van der Waals surface area contributed by atoms with Gasteiger partial charge in [0, 0.05) is 12.7 Å². The molecular formula is C16H15F3N2O3. The lowest BCUT2D eigenvalue weighted by molar-refractivity contribution is -0.141. The lowest BCUT2D eigenvalue weighted by Crippen LogP contribution is -2.23. The van der Waals surface area contributed by atoms with E-state index in [9.17, 15) is 18.0 Å². The quantitative estimate of drug-likeness (QED) is 0.909. The van der Waals surface area contributed by atoms with Crippen LogP contribution in [0.15, 0.2) is 36.5 Å². The number of carbonyl (C=O) groups is 1. The third-order valence-corrected chi connectivity index (χ3v) is 3.22. The number of nitrogens with one attached hydrogen (secondary N) is 1. The second-order valence-corrected chi connectivity index (χ2v) is 4.80. The lowest BCUT2D eigenvalue weighted by atomic mass is 10.2. The van der Waals surface area contributed by atoms with E-state index in [1.807, 2.05) is 0 Å². The second kappa shape index (κ2) is 7.20. The van der Waals surface area contributed by atoms with Gasteiger partial charge in [-0.15, -0.1) is 0 Å². The summed E-state index contributed by atoms with van der Waals surface area (Å²) in [5, 5.41) is 2.61. The van der Waals surface area contributed by atoms with Crippen LogP contribution in [0.4, 0.5) is 13.2 Å². The zero-order valence-corrected chi connectivity index (χ0v) is 13.0. The number of amides is 1. The minimum atomic E-state index is -4.53. The molecule has 24 heavy (non-hydrogen) atoms. The van der Waals surface area contributed by atoms with E-state index in [0.29, 0.717) is 11.5 Å². The average molecular weight is 340 g/mol. The Morgan fingerprint density at radius 2 is 1.83 bits per heavy atom. The number of alkyl halides is 3. The van der Waals surface area contributed by atoms with Gasteiger partial charge in [0.15, 0.2) is 11.5 Å². The van der Waals surface area contributed by atoms with Crippen molar-refractivity contribution < 1.29 is 27.4 Å². The Bertz CT molecular complexity index is 715. The highest BCUT2D eigenvalue weighted by atomic mass is 19.4. The third kappa shape index (κ3) is 4.15. The summed E-state index contributed by atoms with van der Waals surface area (Å²) in [5.41, 5.74) is -0.247. The number of halogens is 3. The molecule has 0 bridgehead atoms. The Kier molecular flexibility index (Phi) is 5.28. The Labute approximate surface area is 136 Å². The molecule has 1 N–H and O–H groups in total. The van der Waals surface area contributed by atoms with E-state index in [4.69, 9.17) is 9.47 Å². The van der Waals surface area contributed by atoms with Crippen molar-refractivity contribution in [2.45, 2.75) is 12.7 Å². The van der Waals surface area contributed by atoms with Crippen molar-refractivity contribution in [1.29, 1.82) is 0 Å². The maximum Gasteiger partial charge on any atom is 0.433 e. The van der Waals surface area contributed by atoms with Gasteiger partial charge in [0.1, 0.15) is 5.69 Å². The van der Waals surface area contributed by atoms with Gasteiger partial charge in [0.2, 0.25) is 0 Å². The van der Waals surface area contributed by atoms with Crippen molar-refractivity contribution in [2.24, 2.45) is 0 Å². The molecule has 0 saturated carbocycles. The van der Waals surface area contributed by atoms with Gasteiger partial charge in [-0.1, -0.05) is 6.07 Å². The van der Waals surface area contributed by atoms with Gasteiger partial charge >= 0.3 is 6.18 Å². The fourth-order valence-electron chi connectivity index (χ4n) is 1.97. The molecule has 0 saturated heterocycles. The van der Waals surface area contributed by atoms with E-state index in [2.05, 4.69) is 10.3 Å². The molecule has 128 valence electrons. The molecule has 0 spiro atoms. The molecule has 0 radical (unpaired) electrons. The topological polar surface area (TPSA) is 60.5 Å². The van der Waals surface area contributed by atoms with Crippen molar-refractivity contribution in [2.75, 3.05) is 14.2 Å². The van der Waals surface area contributed by atoms with Crippen LogP contribution in [0.5, 0.6) is 11.5 Å². The van der Waals surface area contributed by atoms with Gasteiger partial charge in [-0.2, -0.15) is 13.2 Å². The molecule has 5 nitrogen and oxygen atoms in total. The summed E-state index contributed by atoms with van der Waals surface area (Å²) in [6, 6.07) is 6.99. The predicted octanol–water partition coefficient (Wildman–Crippen LogP) is 3.05. The van der Waals surface area contributed by atoms with Crippen LogP contribution in [-0.4, -0.2) is 25.1 Å². The number of methoxy groups -OCH3 is 2. The van der Waals surface area contributed by atoms with Crippen molar-refractivity contribution >= 4 is 5.91 Å². The highest BCUT2D eigenvalue weighted by molar-refractivity contribution is 5.93. The lowest BCUT2D eigenvalue weighted by Gasteiger charge is -2.10. The number of benzene rings is 1. The summed E-state index contributed by atoms with van der Waals surface area (Å²) in [7, 11) is 3.00. The normalized spacial score (nSPS) is 11.0. The van der Waals surface area contributed by atoms with E-state index in [1.165, 1.54) is 14.2 Å². The molecular weight excluding hydrogens is 325 g/mol. The summed E-state index contributed by atoms with van der Waals surface area (Å²) in [6.45, 7) is 0.181. The summed E-state index contributed by atoms with van der Waals surface area (Å²) in [4.78, 5) is 15.2. The van der Waals surface area contributed by atoms with Gasteiger partial charge in [0.05, 0.1) is 19.8 Å². The molecule has 0 aliphatic heterocycles. The Morgan fingerprint density at radius 3 is 2.38 bits per heavy atom. The van der Waals surface area contributed by atoms with Gasteiger partial charge in [0.25, 0.3) is 5.91 Å². The van der Waals surface area contributed by atoms with Crippen LogP contribution >= 0.6 is 0 Å². The average Bonchev–Trinajstić information content (AvgIpc) is 2.58. The van der Waals surface area contributed by atoms with Crippen LogP contribution in [0.3, 0.4) is 0 Å². The van der Waals surface area contributed by atoms with Crippen LogP contribution in [0.25, 0.3) is 0 Å². The molecule has 0 atom stereocenters. The zero-order chi connectivity index (χ0) is 17.7. The predicted molar refractivity (Wildman–Crippen MR) is 80.0 cm³/mol. The molecule has 1 aromatic heterocycles. The monoisotopic (exact) mass is 340 g/mol. The first-order valence-corrected chi connectivity index (χ1v) is 6.87. The maximum atomic E-state index is 12.4. The second-order valence-electron chi connectivity index (χ2n) is 4.80. The van der Waals surface area contributed by atoms with Crippen molar-refractivity contribution in [3.63, 3.8) is 0 Å². The summed E-state index contributed by atoms with van der Waals surface area (Å²) >= 11 is 0. The number of hydrogen-bond donors (Lipinski definition) is 1. The number of ether oxygens (including phenoxy) is 2. The van der Waals surface area contributed by atoms with E-state index in [0.717, 1.165) is 23.9 Å². The molecule has 0 unspecified atom stereocenters. The molecule has 8 heteroatoms. The SMILES string of the molecule is COc1ccc(CNC(=O)c2ccc(C(F)(F)F)nc2)cc1OC. The molecule has 2 aromatic rings. The van der Waals surface area contributed by atoms with E-state index in [1.54, 1.807) is 18.2 Å². The standard InChI is InChI=1S/C16H15F3N2O3/c1-23-12-5-3-10(7-13(12)24-2)8-21-15(22)11-4-6-14(20-9-11)16(17,18)19/h3-7,9H,8H2,1-2H3,(H,21,22). The molecule has 0 fully saturated rings. The van der Waals surface area contributed by atoms with E-state index in [-0.39, 0.29) is 12.1 Å². The molecule has 2 rings (SSSR count). The molecule has 0 aliphatic carbocycles. The van der Waals surface area contributed by atoms with Crippen molar-refractivity contribution in [1.82, 2.24) is 10.3 Å². The maximum absolute atomic E-state index is 12.4. The van der Waals surface area contributed by atoms with Crippen LogP contribution < -0.4 is 14.8 Å². The zero-order valence-electron chi connectivity index (χ0n) is 13.0. The number of carbonyl (C=O) groups excluding carboxylic acids is 1. The summed E-state index contributed by atoms with van der Waals surface area (Å²) < 4.78 is 47.6. The largest absolute Gasteiger partial charge is 0.493 e. The fourth-order valence-corrected chi connectivity index (χ4v) is 1.97. The molecule has 1 heterocycles. The first-order valence-electron chi connectivity index (χ1n) is 6.87. The van der Waals surface area contributed by atoms with Crippen LogP contribution in [0.2, 0.25) is 0 Å². The summed E-state index contributed by atoms with van der Waals surface area (Å²) in [6.07, 6.45) is -3.64. The van der Waals surface area contributed by atoms with Crippen LogP contribution in [0.1, 0.15) is 21.6 Å². The van der Waals surface area contributed by atoms with Gasteiger partial charge in [-0.25, -0.2) is 0 Å². The molecule has 0 aliphatic rings. The van der Waals surface area contributed by atoms with Crippen LogP contribution in [-0.2, 0) is 12.7 Å². The first-order chi connectivity index (χ1) is 11.3. The molecule has 1 amide bonds. The van der Waals surface area contributed by atoms with Crippen molar-refractivity contribution in [3.05, 3.63) is 53.3 Å². The van der Waals surface area contributed by atoms with E-state index < -0.39 is 17.8 Å². The number of rotatable bonds is 5. The summed E-state index contributed by atoms with van der Waals surface area (Å²) in [5.74, 6) is 0.547. The Morgan fingerprint density at radius 1 is 1.12 bits per heavy atom. The Hall–Kier alpha value is -2.77. The minimum absolute atomic E-state index is 0.0449. The van der Waals surface area contributed by atoms with Crippen LogP contribution in [0, 0.1) is 0 Å². The van der Waals surface area contributed by atoms with Gasteiger partial charge in [-0.05, 0) is 29.8 Å². The number of aromatic nitrogens is 1. The first kappa shape index (κ1) is 17.6. The Balaban J connectivity index is 2.03. The number of nitrogens with zero attached hydrogens (tertiary/aromatic N) is 1. The van der Waals surface area contributed by atoms with Gasteiger partial charge < -0.3 is 14.8 Å². The smallest absolute Gasteiger partial charge is 0.433 e. The highest BCUT2D eigenvalue weighted by Crippen LogP contribution is 2.28. The van der Waals surface area contributed by atoms with Crippen molar-refractivity contribution in [3.8, 4) is 11.5 Å². The highest BCUT2D eigenvalue weighted by Gasteiger charge is 2.32. The number of pyridine rings is 1. The third-order valence-electron chi connectivity index (χ3n) is 3.22.